The monoisotopic (exact) mass is 199 g/mol. The molecule has 1 heterocycles. The van der Waals surface area contributed by atoms with E-state index >= 15 is 0 Å². The summed E-state index contributed by atoms with van der Waals surface area (Å²) in [5.41, 5.74) is 0. The Hall–Kier alpha value is -1.76. The maximum atomic E-state index is 2.92. The Kier molecular flexibility index (Phi) is 6.65. The van der Waals surface area contributed by atoms with Crippen LogP contribution < -0.4 is 5.32 Å². The molecule has 1 N–H and O–H groups in total. The van der Waals surface area contributed by atoms with E-state index in [1.165, 1.54) is 12.8 Å². The van der Waals surface area contributed by atoms with Crippen molar-refractivity contribution in [2.24, 2.45) is 0 Å². The van der Waals surface area contributed by atoms with E-state index in [0.29, 0.717) is 0 Å². The second-order valence-corrected chi connectivity index (χ2v) is 3.09. The van der Waals surface area contributed by atoms with Crippen LogP contribution in [0.3, 0.4) is 0 Å². The van der Waals surface area contributed by atoms with Gasteiger partial charge in [-0.25, -0.2) is 0 Å². The van der Waals surface area contributed by atoms with E-state index < -0.39 is 0 Å². The Morgan fingerprint density at radius 1 is 0.533 bits per heavy atom. The Morgan fingerprint density at radius 3 is 1.53 bits per heavy atom. The summed E-state index contributed by atoms with van der Waals surface area (Å²) >= 11 is 0. The molecule has 78 valence electrons. The quantitative estimate of drug-likeness (QED) is 0.628. The van der Waals surface area contributed by atoms with E-state index in [2.05, 4.69) is 41.8 Å². The Balaban J connectivity index is 0.000000151. The first kappa shape index (κ1) is 11.3. The van der Waals surface area contributed by atoms with Gasteiger partial charge in [-0.05, 0) is 25.0 Å². The molecule has 0 fully saturated rings. The number of allylic oxidation sites excluding steroid dienone is 10. The van der Waals surface area contributed by atoms with Gasteiger partial charge in [0, 0.05) is 12.4 Å². The lowest BCUT2D eigenvalue weighted by molar-refractivity contribution is 1.05. The van der Waals surface area contributed by atoms with Crippen LogP contribution in [-0.4, -0.2) is 0 Å². The Bertz CT molecular complexity index is 284. The van der Waals surface area contributed by atoms with Gasteiger partial charge >= 0.3 is 0 Å². The van der Waals surface area contributed by atoms with Crippen molar-refractivity contribution in [2.75, 3.05) is 0 Å². The van der Waals surface area contributed by atoms with E-state index in [9.17, 15) is 0 Å². The number of hydrogen-bond donors (Lipinski definition) is 1. The molecule has 0 aromatic heterocycles. The predicted molar refractivity (Wildman–Crippen MR) is 67.2 cm³/mol. The predicted octanol–water partition coefficient (Wildman–Crippen LogP) is 3.62. The SMILES string of the molecule is C1=CC=CCCC=C1.C1=CC=CNC=C1. The number of rotatable bonds is 0. The summed E-state index contributed by atoms with van der Waals surface area (Å²) in [6.45, 7) is 0. The van der Waals surface area contributed by atoms with Crippen LogP contribution in [0.4, 0.5) is 0 Å². The van der Waals surface area contributed by atoms with Crippen LogP contribution in [0.5, 0.6) is 0 Å². The van der Waals surface area contributed by atoms with Gasteiger partial charge in [0.25, 0.3) is 0 Å². The maximum absolute atomic E-state index is 2.92. The minimum atomic E-state index is 1.18. The van der Waals surface area contributed by atoms with Crippen molar-refractivity contribution in [3.05, 3.63) is 73.2 Å². The first-order chi connectivity index (χ1) is 7.50. The lowest BCUT2D eigenvalue weighted by Gasteiger charge is -1.86. The molecule has 0 spiro atoms. The van der Waals surface area contributed by atoms with Crippen molar-refractivity contribution in [3.8, 4) is 0 Å². The van der Waals surface area contributed by atoms with E-state index in [4.69, 9.17) is 0 Å². The molecule has 0 atom stereocenters. The van der Waals surface area contributed by atoms with Gasteiger partial charge in [-0.1, -0.05) is 48.6 Å². The largest absolute Gasteiger partial charge is 0.368 e. The summed E-state index contributed by atoms with van der Waals surface area (Å²) in [5, 5.41) is 2.92. The summed E-state index contributed by atoms with van der Waals surface area (Å²) in [4.78, 5) is 0. The zero-order chi connectivity index (χ0) is 10.6. The minimum Gasteiger partial charge on any atom is -0.368 e. The van der Waals surface area contributed by atoms with E-state index in [-0.39, 0.29) is 0 Å². The fourth-order valence-electron chi connectivity index (χ4n) is 1.08. The fourth-order valence-corrected chi connectivity index (χ4v) is 1.08. The normalized spacial score (nSPS) is 17.1. The van der Waals surface area contributed by atoms with Crippen LogP contribution >= 0.6 is 0 Å². The van der Waals surface area contributed by atoms with E-state index in [0.717, 1.165) is 0 Å². The van der Waals surface area contributed by atoms with Gasteiger partial charge in [-0.15, -0.1) is 0 Å². The zero-order valence-electron chi connectivity index (χ0n) is 8.84. The van der Waals surface area contributed by atoms with Crippen LogP contribution in [0, 0.1) is 0 Å². The summed E-state index contributed by atoms with van der Waals surface area (Å²) in [6, 6.07) is 0. The van der Waals surface area contributed by atoms with Gasteiger partial charge in [0.1, 0.15) is 0 Å². The van der Waals surface area contributed by atoms with Crippen molar-refractivity contribution >= 4 is 0 Å². The molecule has 1 nitrogen and oxygen atoms in total. The molecular weight excluding hydrogens is 182 g/mol. The molecule has 0 amide bonds. The van der Waals surface area contributed by atoms with Gasteiger partial charge in [-0.3, -0.25) is 0 Å². The molecule has 0 aromatic rings. The number of nitrogens with one attached hydrogen (secondary N) is 1. The molecule has 2 aliphatic rings. The standard InChI is InChI=1S/C8H10.C6H7N/c1-2-4-6-8-7-5-3-1;1-2-4-6-7-5-3-1/h1-6H,7-8H2;1-7H. The highest BCUT2D eigenvalue weighted by Gasteiger charge is 1.75. The summed E-state index contributed by atoms with van der Waals surface area (Å²) < 4.78 is 0. The average molecular weight is 199 g/mol. The van der Waals surface area contributed by atoms with Gasteiger partial charge in [0.2, 0.25) is 0 Å². The second-order valence-electron chi connectivity index (χ2n) is 3.09. The van der Waals surface area contributed by atoms with Gasteiger partial charge in [-0.2, -0.15) is 0 Å². The van der Waals surface area contributed by atoms with Crippen molar-refractivity contribution in [1.82, 2.24) is 5.32 Å². The van der Waals surface area contributed by atoms with Crippen molar-refractivity contribution in [1.29, 1.82) is 0 Å². The molecule has 0 unspecified atom stereocenters. The van der Waals surface area contributed by atoms with Gasteiger partial charge in [0.15, 0.2) is 0 Å². The molecule has 1 heteroatoms. The van der Waals surface area contributed by atoms with Crippen LogP contribution in [-0.2, 0) is 0 Å². The highest BCUT2D eigenvalue weighted by molar-refractivity contribution is 5.14. The molecule has 0 saturated heterocycles. The third-order valence-corrected chi connectivity index (χ3v) is 1.82. The third kappa shape index (κ3) is 7.32. The second kappa shape index (κ2) is 8.82. The molecular formula is C14H17N. The molecule has 0 radical (unpaired) electrons. The van der Waals surface area contributed by atoms with Gasteiger partial charge < -0.3 is 5.32 Å². The van der Waals surface area contributed by atoms with Crippen molar-refractivity contribution in [2.45, 2.75) is 12.8 Å². The highest BCUT2D eigenvalue weighted by Crippen LogP contribution is 1.96. The molecule has 2 rings (SSSR count). The molecule has 0 bridgehead atoms. The summed E-state index contributed by atoms with van der Waals surface area (Å²) in [5.74, 6) is 0. The Labute approximate surface area is 91.9 Å². The smallest absolute Gasteiger partial charge is 0.000442 e. The molecule has 0 aromatic carbocycles. The Morgan fingerprint density at radius 2 is 1.00 bits per heavy atom. The van der Waals surface area contributed by atoms with Crippen LogP contribution in [0.2, 0.25) is 0 Å². The maximum Gasteiger partial charge on any atom is 0.000442 e. The molecule has 0 saturated carbocycles. The number of hydrogen-bond acceptors (Lipinski definition) is 1. The van der Waals surface area contributed by atoms with Crippen LogP contribution in [0.25, 0.3) is 0 Å². The van der Waals surface area contributed by atoms with Crippen LogP contribution in [0.1, 0.15) is 12.8 Å². The van der Waals surface area contributed by atoms with Crippen molar-refractivity contribution in [3.63, 3.8) is 0 Å². The van der Waals surface area contributed by atoms with E-state index in [1.54, 1.807) is 0 Å². The average Bonchev–Trinajstić information content (AvgIpc) is 2.48. The van der Waals surface area contributed by atoms with Crippen molar-refractivity contribution < 1.29 is 0 Å². The van der Waals surface area contributed by atoms with E-state index in [1.807, 2.05) is 36.7 Å². The van der Waals surface area contributed by atoms with Crippen LogP contribution in [0.15, 0.2) is 73.2 Å². The fraction of sp³-hybridized carbons (Fsp3) is 0.143. The molecule has 15 heavy (non-hydrogen) atoms. The lowest BCUT2D eigenvalue weighted by atomic mass is 10.2. The summed E-state index contributed by atoms with van der Waals surface area (Å²) in [7, 11) is 0. The molecule has 1 aliphatic heterocycles. The minimum absolute atomic E-state index is 1.18. The topological polar surface area (TPSA) is 12.0 Å². The lowest BCUT2D eigenvalue weighted by Crippen LogP contribution is -1.87. The third-order valence-electron chi connectivity index (χ3n) is 1.82. The first-order valence-corrected chi connectivity index (χ1v) is 5.23. The first-order valence-electron chi connectivity index (χ1n) is 5.23. The zero-order valence-corrected chi connectivity index (χ0v) is 8.84. The summed E-state index contributed by atoms with van der Waals surface area (Å²) in [6.07, 6.45) is 26.6. The van der Waals surface area contributed by atoms with Gasteiger partial charge in [0.05, 0.1) is 0 Å². The molecule has 1 aliphatic carbocycles. The highest BCUT2D eigenvalue weighted by atomic mass is 14.8.